The molecule has 0 fully saturated rings. The second-order valence-corrected chi connectivity index (χ2v) is 4.54. The van der Waals surface area contributed by atoms with Crippen LogP contribution in [0.3, 0.4) is 0 Å². The van der Waals surface area contributed by atoms with Crippen LogP contribution in [0.15, 0.2) is 23.1 Å². The molecule has 1 aromatic carbocycles. The van der Waals surface area contributed by atoms with Crippen molar-refractivity contribution in [2.24, 2.45) is 5.14 Å². The van der Waals surface area contributed by atoms with Crippen molar-refractivity contribution in [2.75, 3.05) is 13.3 Å². The summed E-state index contributed by atoms with van der Waals surface area (Å²) in [7, 11) is -3.70. The molecule has 0 spiro atoms. The third-order valence-electron chi connectivity index (χ3n) is 1.80. The van der Waals surface area contributed by atoms with Gasteiger partial charge in [-0.15, -0.1) is 0 Å². The molecule has 0 bridgehead atoms. The van der Waals surface area contributed by atoms with E-state index in [4.69, 9.17) is 9.88 Å². The Labute approximate surface area is 87.9 Å². The number of benzene rings is 1. The molecule has 0 unspecified atom stereocenters. The van der Waals surface area contributed by atoms with E-state index in [9.17, 15) is 12.8 Å². The van der Waals surface area contributed by atoms with Gasteiger partial charge in [0.05, 0.1) is 4.90 Å². The standard InChI is InChI=1S/C9H12FNO3S/c1-7-6-8(14-5-4-10)2-3-9(7)15(11,12)13/h2-3,6H,4-5H2,1H3,(H2,11,12,13). The van der Waals surface area contributed by atoms with E-state index in [1.807, 2.05) is 0 Å². The van der Waals surface area contributed by atoms with Crippen LogP contribution >= 0.6 is 0 Å². The topological polar surface area (TPSA) is 69.4 Å². The first-order valence-corrected chi connectivity index (χ1v) is 5.82. The highest BCUT2D eigenvalue weighted by Gasteiger charge is 2.11. The number of hydrogen-bond acceptors (Lipinski definition) is 3. The van der Waals surface area contributed by atoms with Gasteiger partial charge in [-0.25, -0.2) is 17.9 Å². The molecule has 0 heterocycles. The third kappa shape index (κ3) is 3.17. The van der Waals surface area contributed by atoms with Gasteiger partial charge in [-0.2, -0.15) is 0 Å². The van der Waals surface area contributed by atoms with Crippen molar-refractivity contribution < 1.29 is 17.5 Å². The Bertz CT molecular complexity index is 445. The first-order chi connectivity index (χ1) is 6.95. The maximum absolute atomic E-state index is 11.8. The molecule has 84 valence electrons. The third-order valence-corrected chi connectivity index (χ3v) is 2.87. The van der Waals surface area contributed by atoms with E-state index in [1.165, 1.54) is 18.2 Å². The Morgan fingerprint density at radius 1 is 1.47 bits per heavy atom. The largest absolute Gasteiger partial charge is 0.491 e. The Morgan fingerprint density at radius 3 is 2.60 bits per heavy atom. The average Bonchev–Trinajstić information content (AvgIpc) is 2.12. The van der Waals surface area contributed by atoms with E-state index in [-0.39, 0.29) is 11.5 Å². The highest BCUT2D eigenvalue weighted by molar-refractivity contribution is 7.89. The van der Waals surface area contributed by atoms with Crippen LogP contribution in [0.25, 0.3) is 0 Å². The van der Waals surface area contributed by atoms with E-state index < -0.39 is 16.7 Å². The first-order valence-electron chi connectivity index (χ1n) is 4.27. The monoisotopic (exact) mass is 233 g/mol. The number of nitrogens with two attached hydrogens (primary N) is 1. The molecular weight excluding hydrogens is 221 g/mol. The summed E-state index contributed by atoms with van der Waals surface area (Å²) < 4.78 is 38.9. The Balaban J connectivity index is 2.99. The summed E-state index contributed by atoms with van der Waals surface area (Å²) in [5.41, 5.74) is 0.480. The van der Waals surface area contributed by atoms with Crippen molar-refractivity contribution in [1.29, 1.82) is 0 Å². The Kier molecular flexibility index (Phi) is 3.65. The van der Waals surface area contributed by atoms with Gasteiger partial charge < -0.3 is 4.74 Å². The molecule has 1 aromatic rings. The fraction of sp³-hybridized carbons (Fsp3) is 0.333. The lowest BCUT2D eigenvalue weighted by molar-refractivity contribution is 0.273. The van der Waals surface area contributed by atoms with Gasteiger partial charge in [0, 0.05) is 0 Å². The van der Waals surface area contributed by atoms with Crippen LogP contribution in [-0.2, 0) is 10.0 Å². The van der Waals surface area contributed by atoms with Crippen LogP contribution in [0.5, 0.6) is 5.75 Å². The van der Waals surface area contributed by atoms with Crippen molar-refractivity contribution >= 4 is 10.0 Å². The lowest BCUT2D eigenvalue weighted by Gasteiger charge is -2.07. The normalized spacial score (nSPS) is 11.4. The van der Waals surface area contributed by atoms with Crippen molar-refractivity contribution in [2.45, 2.75) is 11.8 Å². The lowest BCUT2D eigenvalue weighted by Crippen LogP contribution is -2.13. The van der Waals surface area contributed by atoms with Gasteiger partial charge in [-0.05, 0) is 30.7 Å². The molecule has 0 saturated heterocycles. The van der Waals surface area contributed by atoms with E-state index in [1.54, 1.807) is 6.92 Å². The van der Waals surface area contributed by atoms with Crippen LogP contribution in [0.1, 0.15) is 5.56 Å². The number of ether oxygens (including phenoxy) is 1. The van der Waals surface area contributed by atoms with Crippen LogP contribution in [0, 0.1) is 6.92 Å². The van der Waals surface area contributed by atoms with Gasteiger partial charge in [-0.1, -0.05) is 0 Å². The molecule has 0 radical (unpaired) electrons. The molecule has 15 heavy (non-hydrogen) atoms. The molecule has 0 saturated carbocycles. The summed E-state index contributed by atoms with van der Waals surface area (Å²) in [6.07, 6.45) is 0. The predicted octanol–water partition coefficient (Wildman–Crippen LogP) is 0.991. The fourth-order valence-electron chi connectivity index (χ4n) is 1.19. The summed E-state index contributed by atoms with van der Waals surface area (Å²) in [4.78, 5) is 0.0510. The summed E-state index contributed by atoms with van der Waals surface area (Å²) in [6, 6.07) is 4.30. The molecule has 0 amide bonds. The molecule has 0 aromatic heterocycles. The Morgan fingerprint density at radius 2 is 2.13 bits per heavy atom. The predicted molar refractivity (Wildman–Crippen MR) is 54.0 cm³/mol. The van der Waals surface area contributed by atoms with Gasteiger partial charge in [-0.3, -0.25) is 0 Å². The average molecular weight is 233 g/mol. The number of aryl methyl sites for hydroxylation is 1. The number of hydrogen-bond donors (Lipinski definition) is 1. The molecule has 2 N–H and O–H groups in total. The number of rotatable bonds is 4. The summed E-state index contributed by atoms with van der Waals surface area (Å²) in [6.45, 7) is 0.964. The van der Waals surface area contributed by atoms with Gasteiger partial charge in [0.25, 0.3) is 0 Å². The molecule has 0 aliphatic carbocycles. The van der Waals surface area contributed by atoms with E-state index >= 15 is 0 Å². The Hall–Kier alpha value is -1.14. The number of alkyl halides is 1. The second-order valence-electron chi connectivity index (χ2n) is 3.01. The summed E-state index contributed by atoms with van der Waals surface area (Å²) in [5.74, 6) is 0.428. The van der Waals surface area contributed by atoms with Crippen LogP contribution in [0.2, 0.25) is 0 Å². The SMILES string of the molecule is Cc1cc(OCCF)ccc1S(N)(=O)=O. The van der Waals surface area contributed by atoms with Crippen molar-refractivity contribution in [3.8, 4) is 5.75 Å². The first kappa shape index (κ1) is 11.9. The molecule has 0 aliphatic rings. The molecule has 0 aliphatic heterocycles. The number of primary sulfonamides is 1. The van der Waals surface area contributed by atoms with Gasteiger partial charge in [0.1, 0.15) is 19.0 Å². The summed E-state index contributed by atoms with van der Waals surface area (Å²) in [5, 5.41) is 4.98. The lowest BCUT2D eigenvalue weighted by atomic mass is 10.2. The van der Waals surface area contributed by atoms with Crippen LogP contribution in [0.4, 0.5) is 4.39 Å². The minimum absolute atomic E-state index is 0.0475. The summed E-state index contributed by atoms with van der Waals surface area (Å²) >= 11 is 0. The number of halogens is 1. The maximum Gasteiger partial charge on any atom is 0.238 e. The molecule has 4 nitrogen and oxygen atoms in total. The molecule has 0 atom stereocenters. The van der Waals surface area contributed by atoms with Crippen LogP contribution in [-0.4, -0.2) is 21.7 Å². The fourth-order valence-corrected chi connectivity index (χ4v) is 1.95. The van der Waals surface area contributed by atoms with Crippen LogP contribution < -0.4 is 9.88 Å². The number of sulfonamides is 1. The van der Waals surface area contributed by atoms with Crippen molar-refractivity contribution in [1.82, 2.24) is 0 Å². The van der Waals surface area contributed by atoms with E-state index in [0.717, 1.165) is 0 Å². The highest BCUT2D eigenvalue weighted by Crippen LogP contribution is 2.19. The highest BCUT2D eigenvalue weighted by atomic mass is 32.2. The zero-order valence-electron chi connectivity index (χ0n) is 8.23. The van der Waals surface area contributed by atoms with Gasteiger partial charge in [0.15, 0.2) is 0 Å². The maximum atomic E-state index is 11.8. The van der Waals surface area contributed by atoms with Gasteiger partial charge >= 0.3 is 0 Å². The smallest absolute Gasteiger partial charge is 0.238 e. The second kappa shape index (κ2) is 4.59. The van der Waals surface area contributed by atoms with Gasteiger partial charge in [0.2, 0.25) is 10.0 Å². The van der Waals surface area contributed by atoms with Crippen molar-refractivity contribution in [3.63, 3.8) is 0 Å². The zero-order valence-corrected chi connectivity index (χ0v) is 9.05. The molecular formula is C9H12FNO3S. The van der Waals surface area contributed by atoms with Crippen molar-refractivity contribution in [3.05, 3.63) is 23.8 Å². The minimum atomic E-state index is -3.70. The zero-order chi connectivity index (χ0) is 11.5. The molecule has 1 rings (SSSR count). The quantitative estimate of drug-likeness (QED) is 0.843. The van der Waals surface area contributed by atoms with E-state index in [0.29, 0.717) is 11.3 Å². The minimum Gasteiger partial charge on any atom is -0.491 e. The van der Waals surface area contributed by atoms with E-state index in [2.05, 4.69) is 0 Å². The molecule has 6 heteroatoms.